The molecule has 0 aromatic carbocycles. The van der Waals surface area contributed by atoms with Gasteiger partial charge in [-0.25, -0.2) is 4.79 Å². The van der Waals surface area contributed by atoms with Gasteiger partial charge in [0.25, 0.3) is 11.5 Å². The number of fused-ring (bicyclic) bond motifs is 2. The zero-order chi connectivity index (χ0) is 15.2. The summed E-state index contributed by atoms with van der Waals surface area (Å²) in [6, 6.07) is 1.36. The van der Waals surface area contributed by atoms with Crippen LogP contribution in [0.15, 0.2) is 10.9 Å². The first-order chi connectivity index (χ1) is 9.94. The van der Waals surface area contributed by atoms with Crippen molar-refractivity contribution in [1.29, 1.82) is 0 Å². The van der Waals surface area contributed by atoms with Crippen molar-refractivity contribution >= 4 is 12.0 Å². The van der Waals surface area contributed by atoms with Gasteiger partial charge in [0.15, 0.2) is 5.75 Å². The van der Waals surface area contributed by atoms with E-state index < -0.39 is 17.3 Å². The SMILES string of the molecule is Cc1cc(OC(N)=O)c(=O)n2c1C(=O)NC21CCOCC1. The molecule has 0 atom stereocenters. The summed E-state index contributed by atoms with van der Waals surface area (Å²) in [5.41, 5.74) is 4.45. The average Bonchev–Trinajstić information content (AvgIpc) is 2.69. The Kier molecular flexibility index (Phi) is 2.98. The van der Waals surface area contributed by atoms with Crippen LogP contribution in [0.3, 0.4) is 0 Å². The zero-order valence-corrected chi connectivity index (χ0v) is 11.5. The predicted molar refractivity (Wildman–Crippen MR) is 71.1 cm³/mol. The number of nitrogens with two attached hydrogens (primary N) is 1. The van der Waals surface area contributed by atoms with Gasteiger partial charge in [0, 0.05) is 12.8 Å². The quantitative estimate of drug-likeness (QED) is 0.746. The maximum atomic E-state index is 12.6. The molecule has 2 aliphatic rings. The first-order valence-corrected chi connectivity index (χ1v) is 6.59. The molecular weight excluding hydrogens is 278 g/mol. The average molecular weight is 293 g/mol. The molecule has 0 unspecified atom stereocenters. The summed E-state index contributed by atoms with van der Waals surface area (Å²) in [6.45, 7) is 2.55. The number of nitrogens with one attached hydrogen (secondary N) is 1. The summed E-state index contributed by atoms with van der Waals surface area (Å²) >= 11 is 0. The molecule has 3 heterocycles. The molecule has 0 bridgehead atoms. The summed E-state index contributed by atoms with van der Waals surface area (Å²) in [5.74, 6) is -0.483. The first-order valence-electron chi connectivity index (χ1n) is 6.59. The van der Waals surface area contributed by atoms with Crippen molar-refractivity contribution in [1.82, 2.24) is 9.88 Å². The van der Waals surface area contributed by atoms with E-state index in [1.807, 2.05) is 0 Å². The zero-order valence-electron chi connectivity index (χ0n) is 11.5. The molecule has 2 amide bonds. The summed E-state index contributed by atoms with van der Waals surface area (Å²) in [7, 11) is 0. The number of ether oxygens (including phenoxy) is 2. The van der Waals surface area contributed by atoms with Crippen LogP contribution in [0, 0.1) is 6.92 Å². The Balaban J connectivity index is 2.22. The third-order valence-corrected chi connectivity index (χ3v) is 3.88. The van der Waals surface area contributed by atoms with Gasteiger partial charge in [0.1, 0.15) is 11.4 Å². The Morgan fingerprint density at radius 2 is 2.10 bits per heavy atom. The highest BCUT2D eigenvalue weighted by atomic mass is 16.5. The van der Waals surface area contributed by atoms with Gasteiger partial charge in [0.2, 0.25) is 0 Å². The van der Waals surface area contributed by atoms with E-state index in [9.17, 15) is 14.4 Å². The van der Waals surface area contributed by atoms with Gasteiger partial charge >= 0.3 is 6.09 Å². The lowest BCUT2D eigenvalue weighted by atomic mass is 10.0. The molecule has 8 heteroatoms. The number of pyridine rings is 1. The molecule has 1 saturated heterocycles. The summed E-state index contributed by atoms with van der Waals surface area (Å²) < 4.78 is 11.4. The van der Waals surface area contributed by atoms with Crippen LogP contribution in [-0.2, 0) is 10.4 Å². The minimum absolute atomic E-state index is 0.175. The van der Waals surface area contributed by atoms with Crippen LogP contribution in [-0.4, -0.2) is 29.8 Å². The van der Waals surface area contributed by atoms with Crippen LogP contribution in [0.2, 0.25) is 0 Å². The Morgan fingerprint density at radius 3 is 2.71 bits per heavy atom. The molecule has 2 aliphatic heterocycles. The van der Waals surface area contributed by atoms with Crippen molar-refractivity contribution in [2.75, 3.05) is 13.2 Å². The molecule has 0 saturated carbocycles. The Hall–Kier alpha value is -2.35. The van der Waals surface area contributed by atoms with Gasteiger partial charge in [0.05, 0.1) is 13.2 Å². The van der Waals surface area contributed by atoms with E-state index in [1.54, 1.807) is 6.92 Å². The minimum Gasteiger partial charge on any atom is -0.405 e. The molecule has 112 valence electrons. The Bertz CT molecular complexity index is 688. The fourth-order valence-electron chi connectivity index (χ4n) is 2.97. The van der Waals surface area contributed by atoms with Crippen LogP contribution in [0.4, 0.5) is 4.79 Å². The van der Waals surface area contributed by atoms with Crippen molar-refractivity contribution in [2.45, 2.75) is 25.4 Å². The molecular formula is C13H15N3O5. The van der Waals surface area contributed by atoms with Gasteiger partial charge < -0.3 is 20.5 Å². The van der Waals surface area contributed by atoms with Gasteiger partial charge in [-0.1, -0.05) is 0 Å². The van der Waals surface area contributed by atoms with Gasteiger partial charge in [-0.2, -0.15) is 0 Å². The highest BCUT2D eigenvalue weighted by Gasteiger charge is 2.45. The molecule has 21 heavy (non-hydrogen) atoms. The Labute approximate surface area is 119 Å². The van der Waals surface area contributed by atoms with Crippen LogP contribution in [0.5, 0.6) is 5.75 Å². The number of carbonyl (C=O) groups is 2. The minimum atomic E-state index is -1.06. The molecule has 0 aliphatic carbocycles. The van der Waals surface area contributed by atoms with Crippen LogP contribution in [0.1, 0.15) is 28.9 Å². The lowest BCUT2D eigenvalue weighted by molar-refractivity contribution is 0.0117. The van der Waals surface area contributed by atoms with Crippen LogP contribution < -0.4 is 21.3 Å². The number of carbonyl (C=O) groups excluding carboxylic acids is 2. The maximum Gasteiger partial charge on any atom is 0.410 e. The molecule has 1 aromatic rings. The number of aryl methyl sites for hydroxylation is 1. The number of hydrogen-bond donors (Lipinski definition) is 2. The smallest absolute Gasteiger partial charge is 0.405 e. The van der Waals surface area contributed by atoms with Crippen molar-refractivity contribution < 1.29 is 19.1 Å². The standard InChI is InChI=1S/C13H15N3O5/c1-7-6-8(21-12(14)19)11(18)16-9(7)10(17)15-13(16)2-4-20-5-3-13/h6H,2-5H2,1H3,(H2,14,19)(H,15,17). The highest BCUT2D eigenvalue weighted by molar-refractivity contribution is 5.96. The number of nitrogens with zero attached hydrogens (tertiary/aromatic N) is 1. The topological polar surface area (TPSA) is 113 Å². The van der Waals surface area contributed by atoms with E-state index in [0.717, 1.165) is 0 Å². The molecule has 3 rings (SSSR count). The van der Waals surface area contributed by atoms with Crippen LogP contribution in [0.25, 0.3) is 0 Å². The second-order valence-electron chi connectivity index (χ2n) is 5.20. The fraction of sp³-hybridized carbons (Fsp3) is 0.462. The van der Waals surface area contributed by atoms with E-state index in [2.05, 4.69) is 5.32 Å². The molecule has 1 fully saturated rings. The summed E-state index contributed by atoms with van der Waals surface area (Å²) in [6.07, 6.45) is -0.110. The third-order valence-electron chi connectivity index (χ3n) is 3.88. The van der Waals surface area contributed by atoms with E-state index in [-0.39, 0.29) is 11.7 Å². The molecule has 3 N–H and O–H groups in total. The Morgan fingerprint density at radius 1 is 1.43 bits per heavy atom. The van der Waals surface area contributed by atoms with E-state index in [0.29, 0.717) is 37.3 Å². The normalized spacial score (nSPS) is 19.2. The van der Waals surface area contributed by atoms with Gasteiger partial charge in [-0.15, -0.1) is 0 Å². The van der Waals surface area contributed by atoms with Crippen molar-refractivity contribution in [2.24, 2.45) is 5.73 Å². The largest absolute Gasteiger partial charge is 0.410 e. The number of primary amides is 1. The third kappa shape index (κ3) is 1.99. The van der Waals surface area contributed by atoms with Gasteiger partial charge in [-0.05, 0) is 18.6 Å². The van der Waals surface area contributed by atoms with Crippen LogP contribution >= 0.6 is 0 Å². The first kappa shape index (κ1) is 13.6. The van der Waals surface area contributed by atoms with Crippen molar-refractivity contribution in [3.63, 3.8) is 0 Å². The number of rotatable bonds is 1. The maximum absolute atomic E-state index is 12.6. The van der Waals surface area contributed by atoms with E-state index >= 15 is 0 Å². The predicted octanol–water partition coefficient (Wildman–Crippen LogP) is -0.179. The van der Waals surface area contributed by atoms with Crippen molar-refractivity contribution in [3.05, 3.63) is 27.7 Å². The molecule has 8 nitrogen and oxygen atoms in total. The van der Waals surface area contributed by atoms with E-state index in [4.69, 9.17) is 15.2 Å². The second-order valence-corrected chi connectivity index (χ2v) is 5.20. The molecule has 1 aromatic heterocycles. The fourth-order valence-corrected chi connectivity index (χ4v) is 2.97. The number of amides is 2. The lowest BCUT2D eigenvalue weighted by Gasteiger charge is -2.35. The molecule has 0 radical (unpaired) electrons. The number of aromatic nitrogens is 1. The summed E-state index contributed by atoms with van der Waals surface area (Å²) in [4.78, 5) is 35.7. The lowest BCUT2D eigenvalue weighted by Crippen LogP contribution is -2.51. The monoisotopic (exact) mass is 293 g/mol. The van der Waals surface area contributed by atoms with Crippen molar-refractivity contribution in [3.8, 4) is 5.75 Å². The highest BCUT2D eigenvalue weighted by Crippen LogP contribution is 2.33. The number of hydrogen-bond acceptors (Lipinski definition) is 5. The summed E-state index contributed by atoms with van der Waals surface area (Å²) in [5, 5.41) is 2.87. The van der Waals surface area contributed by atoms with E-state index in [1.165, 1.54) is 10.6 Å². The molecule has 1 spiro atoms. The second kappa shape index (κ2) is 4.59. The van der Waals surface area contributed by atoms with Gasteiger partial charge in [-0.3, -0.25) is 14.2 Å².